The maximum atomic E-state index is 13.9. The molecule has 1 aliphatic rings. The highest BCUT2D eigenvalue weighted by molar-refractivity contribution is 9.10. The zero-order chi connectivity index (χ0) is 11.5. The van der Waals surface area contributed by atoms with Gasteiger partial charge in [-0.05, 0) is 49.0 Å². The third kappa shape index (κ3) is 2.46. The maximum absolute atomic E-state index is 13.9. The average Bonchev–Trinajstić information content (AvgIpc) is 2.29. The lowest BCUT2D eigenvalue weighted by molar-refractivity contribution is 0.311. The molecular formula is C13H17BrFN. The molecule has 0 radical (unpaired) electrons. The van der Waals surface area contributed by atoms with E-state index in [2.05, 4.69) is 28.2 Å². The van der Waals surface area contributed by atoms with Gasteiger partial charge in [0.25, 0.3) is 0 Å². The van der Waals surface area contributed by atoms with Gasteiger partial charge in [-0.1, -0.05) is 35.3 Å². The molecule has 1 aliphatic heterocycles. The van der Waals surface area contributed by atoms with Gasteiger partial charge in [-0.3, -0.25) is 0 Å². The summed E-state index contributed by atoms with van der Waals surface area (Å²) >= 11 is 3.30. The molecule has 0 aliphatic carbocycles. The zero-order valence-corrected chi connectivity index (χ0v) is 11.1. The van der Waals surface area contributed by atoms with E-state index in [1.807, 2.05) is 12.1 Å². The quantitative estimate of drug-likeness (QED) is 0.874. The molecule has 2 rings (SSSR count). The van der Waals surface area contributed by atoms with Gasteiger partial charge in [-0.25, -0.2) is 4.39 Å². The van der Waals surface area contributed by atoms with Crippen molar-refractivity contribution in [2.24, 2.45) is 5.92 Å². The predicted octanol–water partition coefficient (Wildman–Crippen LogP) is 3.69. The Morgan fingerprint density at radius 2 is 2.31 bits per heavy atom. The summed E-state index contributed by atoms with van der Waals surface area (Å²) in [6, 6.07) is 5.44. The van der Waals surface area contributed by atoms with Crippen LogP contribution in [0.3, 0.4) is 0 Å². The molecule has 1 aromatic carbocycles. The number of rotatable bonds is 2. The molecule has 0 amide bonds. The van der Waals surface area contributed by atoms with Crippen LogP contribution in [0.5, 0.6) is 0 Å². The first-order valence-corrected chi connectivity index (χ1v) is 6.67. The lowest BCUT2D eigenvalue weighted by Crippen LogP contribution is -2.35. The average molecular weight is 286 g/mol. The van der Waals surface area contributed by atoms with E-state index in [-0.39, 0.29) is 5.82 Å². The van der Waals surface area contributed by atoms with Crippen molar-refractivity contribution in [3.8, 4) is 0 Å². The topological polar surface area (TPSA) is 12.0 Å². The van der Waals surface area contributed by atoms with E-state index in [9.17, 15) is 4.39 Å². The van der Waals surface area contributed by atoms with Gasteiger partial charge in [0.15, 0.2) is 0 Å². The smallest absolute Gasteiger partial charge is 0.127 e. The lowest BCUT2D eigenvalue weighted by Gasteiger charge is -2.32. The van der Waals surface area contributed by atoms with Gasteiger partial charge in [-0.2, -0.15) is 0 Å². The number of halogens is 2. The fourth-order valence-electron chi connectivity index (χ4n) is 2.56. The van der Waals surface area contributed by atoms with Gasteiger partial charge in [0.1, 0.15) is 5.82 Å². The third-order valence-corrected chi connectivity index (χ3v) is 3.99. The summed E-state index contributed by atoms with van der Waals surface area (Å²) in [5, 5.41) is 3.38. The summed E-state index contributed by atoms with van der Waals surface area (Å²) in [5.74, 6) is 0.864. The van der Waals surface area contributed by atoms with Crippen molar-refractivity contribution >= 4 is 15.9 Å². The van der Waals surface area contributed by atoms with E-state index in [1.165, 1.54) is 0 Å². The minimum atomic E-state index is -0.0697. The molecule has 1 aromatic rings. The second-order valence-corrected chi connectivity index (χ2v) is 5.35. The third-order valence-electron chi connectivity index (χ3n) is 3.49. The molecule has 2 unspecified atom stereocenters. The van der Waals surface area contributed by atoms with Crippen molar-refractivity contribution in [3.05, 3.63) is 34.1 Å². The van der Waals surface area contributed by atoms with Crippen LogP contribution in [0, 0.1) is 11.7 Å². The van der Waals surface area contributed by atoms with Crippen LogP contribution in [-0.2, 0) is 0 Å². The van der Waals surface area contributed by atoms with Crippen LogP contribution in [0.4, 0.5) is 4.39 Å². The van der Waals surface area contributed by atoms with Gasteiger partial charge in [0, 0.05) is 4.47 Å². The molecular weight excluding hydrogens is 269 g/mol. The van der Waals surface area contributed by atoms with E-state index in [1.54, 1.807) is 6.07 Å². The second kappa shape index (κ2) is 5.28. The van der Waals surface area contributed by atoms with Crippen LogP contribution in [0.1, 0.15) is 31.2 Å². The molecule has 1 N–H and O–H groups in total. The van der Waals surface area contributed by atoms with Crippen LogP contribution < -0.4 is 5.32 Å². The Hall–Kier alpha value is -0.410. The summed E-state index contributed by atoms with van der Waals surface area (Å²) in [5.41, 5.74) is 0.886. The number of benzene rings is 1. The predicted molar refractivity (Wildman–Crippen MR) is 68.1 cm³/mol. The van der Waals surface area contributed by atoms with Crippen LogP contribution in [0.15, 0.2) is 22.7 Å². The van der Waals surface area contributed by atoms with Crippen molar-refractivity contribution in [2.75, 3.05) is 13.1 Å². The molecule has 1 fully saturated rings. The molecule has 1 saturated heterocycles. The van der Waals surface area contributed by atoms with Gasteiger partial charge < -0.3 is 5.32 Å². The summed E-state index contributed by atoms with van der Waals surface area (Å²) in [6.45, 7) is 4.19. The van der Waals surface area contributed by atoms with Crippen molar-refractivity contribution in [1.29, 1.82) is 0 Å². The minimum absolute atomic E-state index is 0.0697. The number of piperidine rings is 1. The SMILES string of the molecule is CCC1CNCCC1c1ccc(Br)cc1F. The molecule has 0 spiro atoms. The normalized spacial score (nSPS) is 25.7. The Morgan fingerprint density at radius 3 is 3.00 bits per heavy atom. The highest BCUT2D eigenvalue weighted by Gasteiger charge is 2.26. The first-order chi connectivity index (χ1) is 7.72. The molecule has 16 heavy (non-hydrogen) atoms. The summed E-state index contributed by atoms with van der Waals surface area (Å²) < 4.78 is 14.7. The summed E-state index contributed by atoms with van der Waals surface area (Å²) in [4.78, 5) is 0. The second-order valence-electron chi connectivity index (χ2n) is 4.43. The van der Waals surface area contributed by atoms with Gasteiger partial charge in [0.05, 0.1) is 0 Å². The van der Waals surface area contributed by atoms with Crippen molar-refractivity contribution in [1.82, 2.24) is 5.32 Å². The molecule has 88 valence electrons. The number of hydrogen-bond acceptors (Lipinski definition) is 1. The monoisotopic (exact) mass is 285 g/mol. The lowest BCUT2D eigenvalue weighted by atomic mass is 9.79. The molecule has 3 heteroatoms. The first kappa shape index (κ1) is 12.1. The molecule has 1 heterocycles. The van der Waals surface area contributed by atoms with Gasteiger partial charge >= 0.3 is 0 Å². The minimum Gasteiger partial charge on any atom is -0.316 e. The maximum Gasteiger partial charge on any atom is 0.127 e. The highest BCUT2D eigenvalue weighted by atomic mass is 79.9. The molecule has 0 saturated carbocycles. The Labute approximate surface area is 105 Å². The summed E-state index contributed by atoms with van der Waals surface area (Å²) in [6.07, 6.45) is 2.14. The first-order valence-electron chi connectivity index (χ1n) is 5.88. The zero-order valence-electron chi connectivity index (χ0n) is 9.47. The van der Waals surface area contributed by atoms with Gasteiger partial charge in [-0.15, -0.1) is 0 Å². The van der Waals surface area contributed by atoms with Crippen LogP contribution in [0.25, 0.3) is 0 Å². The Morgan fingerprint density at radius 1 is 1.50 bits per heavy atom. The number of nitrogens with one attached hydrogen (secondary N) is 1. The van der Waals surface area contributed by atoms with E-state index in [0.717, 1.165) is 36.0 Å². The van der Waals surface area contributed by atoms with E-state index in [4.69, 9.17) is 0 Å². The Bertz CT molecular complexity index is 367. The van der Waals surface area contributed by atoms with Gasteiger partial charge in [0.2, 0.25) is 0 Å². The van der Waals surface area contributed by atoms with Crippen molar-refractivity contribution < 1.29 is 4.39 Å². The van der Waals surface area contributed by atoms with Crippen molar-refractivity contribution in [2.45, 2.75) is 25.7 Å². The fraction of sp³-hybridized carbons (Fsp3) is 0.538. The molecule has 0 aromatic heterocycles. The highest BCUT2D eigenvalue weighted by Crippen LogP contribution is 2.34. The standard InChI is InChI=1S/C13H17BrFN/c1-2-9-8-16-6-5-11(9)12-4-3-10(14)7-13(12)15/h3-4,7,9,11,16H,2,5-6,8H2,1H3. The van der Waals surface area contributed by atoms with Crippen molar-refractivity contribution in [3.63, 3.8) is 0 Å². The molecule has 1 nitrogen and oxygen atoms in total. The van der Waals surface area contributed by atoms with E-state index >= 15 is 0 Å². The molecule has 0 bridgehead atoms. The van der Waals surface area contributed by atoms with Crippen LogP contribution in [0.2, 0.25) is 0 Å². The van der Waals surface area contributed by atoms with E-state index < -0.39 is 0 Å². The Kier molecular flexibility index (Phi) is 3.98. The largest absolute Gasteiger partial charge is 0.316 e. The Balaban J connectivity index is 2.27. The number of hydrogen-bond donors (Lipinski definition) is 1. The van der Waals surface area contributed by atoms with Crippen LogP contribution in [-0.4, -0.2) is 13.1 Å². The van der Waals surface area contributed by atoms with E-state index in [0.29, 0.717) is 11.8 Å². The van der Waals surface area contributed by atoms with Crippen LogP contribution >= 0.6 is 15.9 Å². The molecule has 2 atom stereocenters. The fourth-order valence-corrected chi connectivity index (χ4v) is 2.90. The summed E-state index contributed by atoms with van der Waals surface area (Å²) in [7, 11) is 0.